The summed E-state index contributed by atoms with van der Waals surface area (Å²) in [5, 5.41) is 12.2. The van der Waals surface area contributed by atoms with Crippen molar-refractivity contribution in [3.8, 4) is 0 Å². The van der Waals surface area contributed by atoms with Crippen molar-refractivity contribution < 1.29 is 9.50 Å². The van der Waals surface area contributed by atoms with Gasteiger partial charge in [-0.1, -0.05) is 35.3 Å². The lowest BCUT2D eigenvalue weighted by Gasteiger charge is -2.28. The quantitative estimate of drug-likeness (QED) is 0.857. The summed E-state index contributed by atoms with van der Waals surface area (Å²) in [6.45, 7) is 3.26. The van der Waals surface area contributed by atoms with E-state index < -0.39 is 5.60 Å². The third kappa shape index (κ3) is 3.38. The molecule has 2 atom stereocenters. The Morgan fingerprint density at radius 1 is 1.17 bits per heavy atom. The molecule has 23 heavy (non-hydrogen) atoms. The molecule has 0 spiro atoms. The van der Waals surface area contributed by atoms with Crippen LogP contribution in [-0.4, -0.2) is 23.1 Å². The number of hydrogen-bond acceptors (Lipinski definition) is 2. The van der Waals surface area contributed by atoms with Crippen molar-refractivity contribution >= 4 is 23.2 Å². The molecule has 0 aromatic heterocycles. The zero-order valence-corrected chi connectivity index (χ0v) is 14.3. The number of rotatable bonds is 3. The van der Waals surface area contributed by atoms with E-state index in [0.29, 0.717) is 23.0 Å². The van der Waals surface area contributed by atoms with E-state index in [2.05, 4.69) is 4.90 Å². The molecular formula is C18H18Cl2FNO. The van der Waals surface area contributed by atoms with Crippen LogP contribution in [0.1, 0.15) is 30.5 Å². The number of hydrogen-bond donors (Lipinski definition) is 1. The fourth-order valence-corrected chi connectivity index (χ4v) is 3.64. The molecule has 1 N–H and O–H groups in total. The summed E-state index contributed by atoms with van der Waals surface area (Å²) in [5.74, 6) is -0.300. The highest BCUT2D eigenvalue weighted by molar-refractivity contribution is 6.33. The van der Waals surface area contributed by atoms with Gasteiger partial charge in [0, 0.05) is 29.2 Å². The number of aliphatic hydroxyl groups is 1. The van der Waals surface area contributed by atoms with E-state index in [1.54, 1.807) is 24.3 Å². The molecule has 1 heterocycles. The monoisotopic (exact) mass is 353 g/mol. The highest BCUT2D eigenvalue weighted by Gasteiger charge is 2.39. The van der Waals surface area contributed by atoms with Gasteiger partial charge in [-0.05, 0) is 54.8 Å². The molecule has 122 valence electrons. The van der Waals surface area contributed by atoms with Crippen LogP contribution in [0.4, 0.5) is 4.39 Å². The predicted octanol–water partition coefficient (Wildman–Crippen LogP) is 4.79. The summed E-state index contributed by atoms with van der Waals surface area (Å²) in [6, 6.07) is 11.5. The van der Waals surface area contributed by atoms with Crippen LogP contribution >= 0.6 is 23.2 Å². The summed E-state index contributed by atoms with van der Waals surface area (Å²) in [4.78, 5) is 2.17. The molecule has 1 fully saturated rings. The van der Waals surface area contributed by atoms with E-state index in [1.165, 1.54) is 12.1 Å². The van der Waals surface area contributed by atoms with Gasteiger partial charge < -0.3 is 5.11 Å². The van der Waals surface area contributed by atoms with Crippen molar-refractivity contribution in [2.75, 3.05) is 13.1 Å². The summed E-state index contributed by atoms with van der Waals surface area (Å²) in [7, 11) is 0. The first-order chi connectivity index (χ1) is 10.9. The van der Waals surface area contributed by atoms with E-state index in [9.17, 15) is 9.50 Å². The maximum Gasteiger partial charge on any atom is 0.123 e. The van der Waals surface area contributed by atoms with Gasteiger partial charge in [-0.2, -0.15) is 0 Å². The molecule has 2 aromatic rings. The Morgan fingerprint density at radius 2 is 1.87 bits per heavy atom. The average Bonchev–Trinajstić information content (AvgIpc) is 2.93. The maximum atomic E-state index is 13.1. The molecule has 2 nitrogen and oxygen atoms in total. The molecule has 0 aliphatic carbocycles. The van der Waals surface area contributed by atoms with Crippen LogP contribution in [0.15, 0.2) is 42.5 Å². The van der Waals surface area contributed by atoms with Gasteiger partial charge in [0.25, 0.3) is 0 Å². The normalized spacial score (nSPS) is 23.2. The molecule has 1 aliphatic heterocycles. The van der Waals surface area contributed by atoms with E-state index in [-0.39, 0.29) is 11.9 Å². The van der Waals surface area contributed by atoms with Crippen LogP contribution in [0.25, 0.3) is 0 Å². The third-order valence-corrected chi connectivity index (χ3v) is 5.19. The van der Waals surface area contributed by atoms with Crippen LogP contribution in [0.5, 0.6) is 0 Å². The van der Waals surface area contributed by atoms with Crippen molar-refractivity contribution in [3.05, 3.63) is 69.5 Å². The summed E-state index contributed by atoms with van der Waals surface area (Å²) >= 11 is 12.4. The highest BCUT2D eigenvalue weighted by atomic mass is 35.5. The van der Waals surface area contributed by atoms with Gasteiger partial charge in [-0.15, -0.1) is 0 Å². The zero-order valence-electron chi connectivity index (χ0n) is 12.8. The Kier molecular flexibility index (Phi) is 4.65. The standard InChI is InChI=1S/C18H18Cl2FNO/c1-12(16-10-14(19)4-7-17(16)20)22-9-8-18(23,11-22)13-2-5-15(21)6-3-13/h2-7,10,12,23H,8-9,11H2,1H3. The molecule has 5 heteroatoms. The first-order valence-corrected chi connectivity index (χ1v) is 8.32. The molecule has 0 saturated carbocycles. The zero-order chi connectivity index (χ0) is 16.6. The SMILES string of the molecule is CC(c1cc(Cl)ccc1Cl)N1CCC(O)(c2ccc(F)cc2)C1. The van der Waals surface area contributed by atoms with Crippen molar-refractivity contribution in [2.24, 2.45) is 0 Å². The molecule has 2 unspecified atom stereocenters. The van der Waals surface area contributed by atoms with Crippen LogP contribution in [0, 0.1) is 5.82 Å². The van der Waals surface area contributed by atoms with E-state index in [0.717, 1.165) is 17.7 Å². The van der Waals surface area contributed by atoms with Crippen LogP contribution < -0.4 is 0 Å². The summed E-state index contributed by atoms with van der Waals surface area (Å²) in [5.41, 5.74) is 0.723. The predicted molar refractivity (Wildman–Crippen MR) is 91.4 cm³/mol. The van der Waals surface area contributed by atoms with Crippen LogP contribution in [-0.2, 0) is 5.60 Å². The summed E-state index contributed by atoms with van der Waals surface area (Å²) < 4.78 is 13.1. The second-order valence-electron chi connectivity index (χ2n) is 6.10. The lowest BCUT2D eigenvalue weighted by molar-refractivity contribution is 0.0413. The summed E-state index contributed by atoms with van der Waals surface area (Å²) in [6.07, 6.45) is 0.598. The molecule has 1 aliphatic rings. The topological polar surface area (TPSA) is 23.5 Å². The minimum absolute atomic E-state index is 0.0377. The van der Waals surface area contributed by atoms with Crippen molar-refractivity contribution in [2.45, 2.75) is 25.0 Å². The van der Waals surface area contributed by atoms with Gasteiger partial charge in [-0.3, -0.25) is 4.90 Å². The van der Waals surface area contributed by atoms with Crippen molar-refractivity contribution in [3.63, 3.8) is 0 Å². The fraction of sp³-hybridized carbons (Fsp3) is 0.333. The van der Waals surface area contributed by atoms with Gasteiger partial charge in [0.2, 0.25) is 0 Å². The second kappa shape index (κ2) is 6.40. The van der Waals surface area contributed by atoms with Crippen molar-refractivity contribution in [1.82, 2.24) is 4.90 Å². The van der Waals surface area contributed by atoms with Gasteiger partial charge in [0.1, 0.15) is 11.4 Å². The minimum atomic E-state index is -0.965. The smallest absolute Gasteiger partial charge is 0.123 e. The van der Waals surface area contributed by atoms with E-state index in [1.807, 2.05) is 13.0 Å². The van der Waals surface area contributed by atoms with Crippen LogP contribution in [0.2, 0.25) is 10.0 Å². The van der Waals surface area contributed by atoms with E-state index in [4.69, 9.17) is 23.2 Å². The second-order valence-corrected chi connectivity index (χ2v) is 6.94. The Labute approximate surface area is 145 Å². The Balaban J connectivity index is 1.81. The molecule has 3 rings (SSSR count). The molecular weight excluding hydrogens is 336 g/mol. The number of nitrogens with zero attached hydrogens (tertiary/aromatic N) is 1. The third-order valence-electron chi connectivity index (χ3n) is 4.61. The Morgan fingerprint density at radius 3 is 2.57 bits per heavy atom. The molecule has 0 amide bonds. The maximum absolute atomic E-state index is 13.1. The van der Waals surface area contributed by atoms with Gasteiger partial charge >= 0.3 is 0 Å². The van der Waals surface area contributed by atoms with Gasteiger partial charge in [0.15, 0.2) is 0 Å². The molecule has 0 radical (unpaired) electrons. The average molecular weight is 354 g/mol. The lowest BCUT2D eigenvalue weighted by atomic mass is 9.93. The van der Waals surface area contributed by atoms with Gasteiger partial charge in [-0.25, -0.2) is 4.39 Å². The number of halogens is 3. The molecule has 2 aromatic carbocycles. The minimum Gasteiger partial charge on any atom is -0.384 e. The lowest BCUT2D eigenvalue weighted by Crippen LogP contribution is -2.32. The van der Waals surface area contributed by atoms with E-state index >= 15 is 0 Å². The Bertz CT molecular complexity index is 707. The van der Waals surface area contributed by atoms with Gasteiger partial charge in [0.05, 0.1) is 0 Å². The fourth-order valence-electron chi connectivity index (χ4n) is 3.18. The number of likely N-dealkylation sites (tertiary alicyclic amines) is 1. The molecule has 0 bridgehead atoms. The number of benzene rings is 2. The Hall–Kier alpha value is -1.13. The first-order valence-electron chi connectivity index (χ1n) is 7.56. The molecule has 1 saturated heterocycles. The van der Waals surface area contributed by atoms with Crippen molar-refractivity contribution in [1.29, 1.82) is 0 Å². The largest absolute Gasteiger partial charge is 0.384 e. The van der Waals surface area contributed by atoms with Crippen LogP contribution in [0.3, 0.4) is 0 Å². The highest BCUT2D eigenvalue weighted by Crippen LogP contribution is 2.38. The first kappa shape index (κ1) is 16.7. The number of β-amino-alcohol motifs (C(OH)–C–C–N with tert-alkyl or cyclic N) is 1.